The minimum atomic E-state index is -2.75. The summed E-state index contributed by atoms with van der Waals surface area (Å²) in [6.07, 6.45) is 3.74. The van der Waals surface area contributed by atoms with Crippen molar-refractivity contribution in [2.75, 3.05) is 37.7 Å². The van der Waals surface area contributed by atoms with E-state index in [9.17, 15) is 18.0 Å². The minimum Gasteiger partial charge on any atom is -0.493 e. The molecule has 0 bridgehead atoms. The summed E-state index contributed by atoms with van der Waals surface area (Å²) in [6, 6.07) is 7.96. The number of likely N-dealkylation sites (tertiary alicyclic amines) is 1. The molecular formula is C27H35ClF3N3O2. The Morgan fingerprint density at radius 2 is 2.00 bits per heavy atom. The minimum absolute atomic E-state index is 0.0552. The average Bonchev–Trinajstić information content (AvgIpc) is 2.84. The van der Waals surface area contributed by atoms with Gasteiger partial charge in [0.15, 0.2) is 0 Å². The number of carbonyl (C=O) groups is 1. The van der Waals surface area contributed by atoms with Crippen LogP contribution in [0.4, 0.5) is 18.9 Å². The summed E-state index contributed by atoms with van der Waals surface area (Å²) in [6.45, 7) is 5.24. The number of alkyl halides is 2. The summed E-state index contributed by atoms with van der Waals surface area (Å²) in [4.78, 5) is 14.2. The number of nitrogens with zero attached hydrogens (tertiary/aromatic N) is 2. The van der Waals surface area contributed by atoms with Gasteiger partial charge in [-0.15, -0.1) is 0 Å². The summed E-state index contributed by atoms with van der Waals surface area (Å²) >= 11 is 5.73. The second-order valence-corrected chi connectivity index (χ2v) is 9.61. The van der Waals surface area contributed by atoms with Crippen LogP contribution in [0.2, 0.25) is 5.02 Å². The first-order valence-corrected chi connectivity index (χ1v) is 12.8. The van der Waals surface area contributed by atoms with Crippen LogP contribution in [0.25, 0.3) is 0 Å². The molecule has 9 heteroatoms. The lowest BCUT2D eigenvalue weighted by atomic mass is 9.90. The number of piperidine rings is 1. The number of hydrogen-bond acceptors (Lipinski definition) is 4. The molecule has 0 radical (unpaired) electrons. The van der Waals surface area contributed by atoms with Crippen LogP contribution in [-0.2, 0) is 4.79 Å². The van der Waals surface area contributed by atoms with E-state index in [0.717, 1.165) is 53.6 Å². The normalized spacial score (nSPS) is 16.3. The molecule has 1 aliphatic rings. The number of carbonyl (C=O) groups excluding carboxylic acids is 1. The number of benzene rings is 2. The van der Waals surface area contributed by atoms with E-state index in [-0.39, 0.29) is 29.2 Å². The monoisotopic (exact) mass is 525 g/mol. The van der Waals surface area contributed by atoms with Gasteiger partial charge in [0.1, 0.15) is 11.6 Å². The molecule has 1 N–H and O–H groups in total. The van der Waals surface area contributed by atoms with Crippen molar-refractivity contribution in [3.63, 3.8) is 0 Å². The molecular weight excluding hydrogens is 491 g/mol. The van der Waals surface area contributed by atoms with Crippen molar-refractivity contribution in [3.05, 3.63) is 57.9 Å². The third-order valence-electron chi connectivity index (χ3n) is 6.80. The standard InChI is InChI=1S/C27H35ClF3N3O2/c1-18-19(2)26(36-16-6-12-32-20(3)35)11-9-22(18)25-7-4-5-13-33(25)14-15-34(27(30)31)21-8-10-23(28)24(29)17-21/h8-11,17,25,27H,4-7,12-16H2,1-3H3,(H,32,35). The van der Waals surface area contributed by atoms with Gasteiger partial charge in [-0.3, -0.25) is 9.69 Å². The van der Waals surface area contributed by atoms with Gasteiger partial charge in [0, 0.05) is 38.3 Å². The van der Waals surface area contributed by atoms with Crippen molar-refractivity contribution in [1.29, 1.82) is 0 Å². The van der Waals surface area contributed by atoms with Crippen molar-refractivity contribution in [2.45, 2.75) is 59.0 Å². The maximum atomic E-state index is 13.9. The lowest BCUT2D eigenvalue weighted by Crippen LogP contribution is -2.41. The molecule has 1 fully saturated rings. The summed E-state index contributed by atoms with van der Waals surface area (Å²) in [5, 5.41) is 2.67. The van der Waals surface area contributed by atoms with E-state index in [1.54, 1.807) is 0 Å². The molecule has 1 atom stereocenters. The molecule has 198 valence electrons. The first-order chi connectivity index (χ1) is 17.2. The van der Waals surface area contributed by atoms with Crippen molar-refractivity contribution in [2.24, 2.45) is 0 Å². The van der Waals surface area contributed by atoms with Crippen molar-refractivity contribution in [1.82, 2.24) is 10.2 Å². The highest BCUT2D eigenvalue weighted by atomic mass is 35.5. The lowest BCUT2D eigenvalue weighted by Gasteiger charge is -2.38. The molecule has 36 heavy (non-hydrogen) atoms. The van der Waals surface area contributed by atoms with E-state index >= 15 is 0 Å². The zero-order valence-electron chi connectivity index (χ0n) is 21.1. The summed E-state index contributed by atoms with van der Waals surface area (Å²) in [7, 11) is 0. The van der Waals surface area contributed by atoms with E-state index in [1.807, 2.05) is 13.0 Å². The Bertz CT molecular complexity index is 1040. The Morgan fingerprint density at radius 3 is 2.69 bits per heavy atom. The maximum absolute atomic E-state index is 13.9. The number of amides is 1. The summed E-state index contributed by atoms with van der Waals surface area (Å²) in [5.74, 6) is 0.0506. The second-order valence-electron chi connectivity index (χ2n) is 9.20. The number of ether oxygens (including phenoxy) is 1. The zero-order chi connectivity index (χ0) is 26.2. The average molecular weight is 526 g/mol. The number of hydrogen-bond donors (Lipinski definition) is 1. The zero-order valence-corrected chi connectivity index (χ0v) is 21.9. The van der Waals surface area contributed by atoms with E-state index in [0.29, 0.717) is 26.1 Å². The van der Waals surface area contributed by atoms with Crippen molar-refractivity contribution < 1.29 is 22.7 Å². The highest BCUT2D eigenvalue weighted by Crippen LogP contribution is 2.36. The highest BCUT2D eigenvalue weighted by Gasteiger charge is 2.28. The molecule has 3 rings (SSSR count). The highest BCUT2D eigenvalue weighted by molar-refractivity contribution is 6.30. The maximum Gasteiger partial charge on any atom is 0.315 e. The smallest absolute Gasteiger partial charge is 0.315 e. The van der Waals surface area contributed by atoms with Crippen LogP contribution in [-0.4, -0.2) is 50.1 Å². The predicted octanol–water partition coefficient (Wildman–Crippen LogP) is 6.26. The quantitative estimate of drug-likeness (QED) is 0.278. The van der Waals surface area contributed by atoms with E-state index in [4.69, 9.17) is 16.3 Å². The van der Waals surface area contributed by atoms with Gasteiger partial charge in [0.05, 0.1) is 11.6 Å². The van der Waals surface area contributed by atoms with Gasteiger partial charge in [-0.1, -0.05) is 24.1 Å². The summed E-state index contributed by atoms with van der Waals surface area (Å²) < 4.78 is 47.6. The molecule has 1 saturated heterocycles. The molecule has 0 spiro atoms. The van der Waals surface area contributed by atoms with Crippen LogP contribution in [0.3, 0.4) is 0 Å². The Labute approximate surface area is 216 Å². The number of rotatable bonds is 11. The van der Waals surface area contributed by atoms with Crippen LogP contribution < -0.4 is 15.0 Å². The van der Waals surface area contributed by atoms with Crippen molar-refractivity contribution in [3.8, 4) is 5.75 Å². The molecule has 0 aromatic heterocycles. The van der Waals surface area contributed by atoms with Crippen molar-refractivity contribution >= 4 is 23.2 Å². The van der Waals surface area contributed by atoms with Gasteiger partial charge >= 0.3 is 6.55 Å². The van der Waals surface area contributed by atoms with Gasteiger partial charge < -0.3 is 15.0 Å². The van der Waals surface area contributed by atoms with E-state index < -0.39 is 12.4 Å². The summed E-state index contributed by atoms with van der Waals surface area (Å²) in [5.41, 5.74) is 3.49. The fraction of sp³-hybridized carbons (Fsp3) is 0.519. The topological polar surface area (TPSA) is 44.8 Å². The molecule has 2 aromatic carbocycles. The SMILES string of the molecule is CC(=O)NCCCOc1ccc(C2CCCCN2CCN(c2ccc(Cl)c(F)c2)C(F)F)c(C)c1C. The molecule has 1 unspecified atom stereocenters. The molecule has 1 heterocycles. The third kappa shape index (κ3) is 7.29. The molecule has 5 nitrogen and oxygen atoms in total. The van der Waals surface area contributed by atoms with Crippen LogP contribution >= 0.6 is 11.6 Å². The van der Waals surface area contributed by atoms with Gasteiger partial charge in [-0.25, -0.2) is 4.39 Å². The molecule has 0 saturated carbocycles. The van der Waals surface area contributed by atoms with Gasteiger partial charge in [0.25, 0.3) is 0 Å². The molecule has 1 aliphatic heterocycles. The Hall–Kier alpha value is -2.45. The van der Waals surface area contributed by atoms with Crippen LogP contribution in [0.5, 0.6) is 5.75 Å². The largest absolute Gasteiger partial charge is 0.493 e. The molecule has 2 aromatic rings. The van der Waals surface area contributed by atoms with E-state index in [1.165, 1.54) is 24.6 Å². The predicted molar refractivity (Wildman–Crippen MR) is 138 cm³/mol. The molecule has 1 amide bonds. The second kappa shape index (κ2) is 13.2. The first-order valence-electron chi connectivity index (χ1n) is 12.4. The number of nitrogens with one attached hydrogen (secondary N) is 1. The fourth-order valence-electron chi connectivity index (χ4n) is 4.70. The molecule has 0 aliphatic carbocycles. The third-order valence-corrected chi connectivity index (χ3v) is 7.11. The number of halogens is 4. The van der Waals surface area contributed by atoms with Crippen LogP contribution in [0.15, 0.2) is 30.3 Å². The van der Waals surface area contributed by atoms with Gasteiger partial charge in [0.2, 0.25) is 5.91 Å². The van der Waals surface area contributed by atoms with Crippen LogP contribution in [0, 0.1) is 19.7 Å². The Balaban J connectivity index is 1.69. The first kappa shape index (κ1) is 28.1. The number of anilines is 1. The Morgan fingerprint density at radius 1 is 1.22 bits per heavy atom. The van der Waals surface area contributed by atoms with Gasteiger partial charge in [-0.05, 0) is 80.6 Å². The Kier molecular flexibility index (Phi) is 10.3. The van der Waals surface area contributed by atoms with E-state index in [2.05, 4.69) is 23.2 Å². The fourth-order valence-corrected chi connectivity index (χ4v) is 4.82. The van der Waals surface area contributed by atoms with Gasteiger partial charge in [-0.2, -0.15) is 8.78 Å². The lowest BCUT2D eigenvalue weighted by molar-refractivity contribution is -0.118. The van der Waals surface area contributed by atoms with Crippen LogP contribution in [0.1, 0.15) is 55.3 Å².